The molecule has 0 spiro atoms. The van der Waals surface area contributed by atoms with Crippen molar-refractivity contribution in [1.29, 1.82) is 0 Å². The van der Waals surface area contributed by atoms with Crippen LogP contribution in [0.5, 0.6) is 0 Å². The monoisotopic (exact) mass is 261 g/mol. The minimum Gasteiger partial charge on any atom is -0.481 e. The van der Waals surface area contributed by atoms with Crippen molar-refractivity contribution < 1.29 is 14.7 Å². The van der Waals surface area contributed by atoms with E-state index in [9.17, 15) is 9.59 Å². The van der Waals surface area contributed by atoms with Crippen LogP contribution >= 0.6 is 0 Å². The maximum Gasteiger partial charge on any atom is 0.308 e. The summed E-state index contributed by atoms with van der Waals surface area (Å²) in [6, 6.07) is 7.83. The number of anilines is 1. The summed E-state index contributed by atoms with van der Waals surface area (Å²) in [5.74, 6) is -0.991. The molecule has 1 atom stereocenters. The Kier molecular flexibility index (Phi) is 3.88. The van der Waals surface area contributed by atoms with Crippen LogP contribution in [0.1, 0.15) is 25.8 Å². The smallest absolute Gasteiger partial charge is 0.308 e. The predicted octanol–water partition coefficient (Wildman–Crippen LogP) is 2.32. The first-order chi connectivity index (χ1) is 8.97. The number of carboxylic acid groups (broad SMARTS) is 1. The molecule has 1 aliphatic rings. The first-order valence-corrected chi connectivity index (χ1v) is 6.59. The van der Waals surface area contributed by atoms with Gasteiger partial charge in [-0.1, -0.05) is 26.0 Å². The van der Waals surface area contributed by atoms with E-state index in [1.807, 2.05) is 24.3 Å². The van der Waals surface area contributed by atoms with Gasteiger partial charge in [-0.25, -0.2) is 0 Å². The molecule has 0 bridgehead atoms. The largest absolute Gasteiger partial charge is 0.481 e. The molecule has 0 radical (unpaired) electrons. The molecule has 1 unspecified atom stereocenters. The molecule has 2 rings (SSSR count). The number of nitrogens with zero attached hydrogens (tertiary/aromatic N) is 1. The molecule has 0 aromatic heterocycles. The van der Waals surface area contributed by atoms with Crippen LogP contribution in [0.2, 0.25) is 0 Å². The summed E-state index contributed by atoms with van der Waals surface area (Å²) in [4.78, 5) is 24.3. The number of amides is 1. The molecule has 19 heavy (non-hydrogen) atoms. The minimum atomic E-state index is -0.896. The number of hydrogen-bond donors (Lipinski definition) is 1. The van der Waals surface area contributed by atoms with Crippen molar-refractivity contribution >= 4 is 17.6 Å². The molecule has 1 N–H and O–H groups in total. The maximum absolute atomic E-state index is 11.8. The van der Waals surface area contributed by atoms with Crippen LogP contribution in [0.15, 0.2) is 24.3 Å². The third-order valence-electron chi connectivity index (χ3n) is 3.37. The van der Waals surface area contributed by atoms with E-state index in [0.29, 0.717) is 5.92 Å². The SMILES string of the molecule is CC(C)Cc1ccc(N2CC(C(=O)O)CC2=O)cc1. The molecule has 1 saturated heterocycles. The lowest BCUT2D eigenvalue weighted by molar-refractivity contribution is -0.141. The fourth-order valence-electron chi connectivity index (χ4n) is 2.41. The van der Waals surface area contributed by atoms with Crippen LogP contribution in [0.3, 0.4) is 0 Å². The molecule has 1 aromatic carbocycles. The quantitative estimate of drug-likeness (QED) is 0.905. The van der Waals surface area contributed by atoms with E-state index >= 15 is 0 Å². The minimum absolute atomic E-state index is 0.100. The maximum atomic E-state index is 11.8. The van der Waals surface area contributed by atoms with Gasteiger partial charge < -0.3 is 10.0 Å². The van der Waals surface area contributed by atoms with Gasteiger partial charge in [-0.15, -0.1) is 0 Å². The summed E-state index contributed by atoms with van der Waals surface area (Å²) in [6.45, 7) is 4.60. The summed E-state index contributed by atoms with van der Waals surface area (Å²) in [5, 5.41) is 8.96. The topological polar surface area (TPSA) is 57.6 Å². The zero-order valence-corrected chi connectivity index (χ0v) is 11.3. The molecule has 0 aliphatic carbocycles. The molecule has 1 heterocycles. The van der Waals surface area contributed by atoms with Crippen LogP contribution in [0, 0.1) is 11.8 Å². The Morgan fingerprint density at radius 2 is 2.00 bits per heavy atom. The normalized spacial score (nSPS) is 19.2. The summed E-state index contributed by atoms with van der Waals surface area (Å²) < 4.78 is 0. The van der Waals surface area contributed by atoms with Crippen LogP contribution in [0.4, 0.5) is 5.69 Å². The van der Waals surface area contributed by atoms with Gasteiger partial charge in [-0.3, -0.25) is 9.59 Å². The lowest BCUT2D eigenvalue weighted by atomic mass is 10.0. The van der Waals surface area contributed by atoms with Crippen molar-refractivity contribution in [2.75, 3.05) is 11.4 Å². The van der Waals surface area contributed by atoms with Crippen LogP contribution in [-0.4, -0.2) is 23.5 Å². The number of benzene rings is 1. The zero-order valence-electron chi connectivity index (χ0n) is 11.3. The molecule has 1 fully saturated rings. The Morgan fingerprint density at radius 3 is 2.47 bits per heavy atom. The lowest BCUT2D eigenvalue weighted by Crippen LogP contribution is -2.25. The molecule has 0 saturated carbocycles. The summed E-state index contributed by atoms with van der Waals surface area (Å²) in [7, 11) is 0. The average molecular weight is 261 g/mol. The van der Waals surface area contributed by atoms with E-state index in [4.69, 9.17) is 5.11 Å². The van der Waals surface area contributed by atoms with E-state index in [2.05, 4.69) is 13.8 Å². The Labute approximate surface area is 113 Å². The van der Waals surface area contributed by atoms with E-state index < -0.39 is 11.9 Å². The van der Waals surface area contributed by atoms with Gasteiger partial charge in [0.15, 0.2) is 0 Å². The van der Waals surface area contributed by atoms with Gasteiger partial charge >= 0.3 is 5.97 Å². The van der Waals surface area contributed by atoms with E-state index in [1.165, 1.54) is 5.56 Å². The van der Waals surface area contributed by atoms with E-state index in [1.54, 1.807) is 4.90 Å². The summed E-state index contributed by atoms with van der Waals surface area (Å²) >= 11 is 0. The highest BCUT2D eigenvalue weighted by atomic mass is 16.4. The highest BCUT2D eigenvalue weighted by Crippen LogP contribution is 2.25. The first kappa shape index (κ1) is 13.6. The van der Waals surface area contributed by atoms with E-state index in [-0.39, 0.29) is 18.9 Å². The van der Waals surface area contributed by atoms with Crippen LogP contribution < -0.4 is 4.90 Å². The molecule has 1 amide bonds. The van der Waals surface area contributed by atoms with Crippen molar-refractivity contribution in [1.82, 2.24) is 0 Å². The Bertz CT molecular complexity index is 479. The standard InChI is InChI=1S/C15H19NO3/c1-10(2)7-11-3-5-13(6-4-11)16-9-12(15(18)19)8-14(16)17/h3-6,10,12H,7-9H2,1-2H3,(H,18,19). The fraction of sp³-hybridized carbons (Fsp3) is 0.467. The second-order valence-electron chi connectivity index (χ2n) is 5.51. The van der Waals surface area contributed by atoms with Gasteiger partial charge in [0.05, 0.1) is 5.92 Å². The van der Waals surface area contributed by atoms with Crippen molar-refractivity contribution in [3.8, 4) is 0 Å². The third-order valence-corrected chi connectivity index (χ3v) is 3.37. The van der Waals surface area contributed by atoms with Crippen molar-refractivity contribution in [2.24, 2.45) is 11.8 Å². The second-order valence-corrected chi connectivity index (χ2v) is 5.51. The highest BCUT2D eigenvalue weighted by Gasteiger charge is 2.34. The van der Waals surface area contributed by atoms with Crippen LogP contribution in [0.25, 0.3) is 0 Å². The van der Waals surface area contributed by atoms with Gasteiger partial charge in [0.25, 0.3) is 0 Å². The third kappa shape index (κ3) is 3.13. The molecular weight excluding hydrogens is 242 g/mol. The Hall–Kier alpha value is -1.84. The highest BCUT2D eigenvalue weighted by molar-refractivity contribution is 5.99. The second kappa shape index (κ2) is 5.43. The molecule has 1 aliphatic heterocycles. The van der Waals surface area contributed by atoms with Crippen molar-refractivity contribution in [2.45, 2.75) is 26.7 Å². The van der Waals surface area contributed by atoms with Gasteiger partial charge in [0.1, 0.15) is 0 Å². The number of carbonyl (C=O) groups excluding carboxylic acids is 1. The van der Waals surface area contributed by atoms with Gasteiger partial charge in [0.2, 0.25) is 5.91 Å². The number of aliphatic carboxylic acids is 1. The van der Waals surface area contributed by atoms with Crippen LogP contribution in [-0.2, 0) is 16.0 Å². The summed E-state index contributed by atoms with van der Waals surface area (Å²) in [6.07, 6.45) is 1.11. The number of hydrogen-bond acceptors (Lipinski definition) is 2. The number of rotatable bonds is 4. The predicted molar refractivity (Wildman–Crippen MR) is 73.1 cm³/mol. The first-order valence-electron chi connectivity index (χ1n) is 6.59. The zero-order chi connectivity index (χ0) is 14.0. The van der Waals surface area contributed by atoms with E-state index in [0.717, 1.165) is 12.1 Å². The Balaban J connectivity index is 2.10. The number of carbonyl (C=O) groups is 2. The van der Waals surface area contributed by atoms with Gasteiger partial charge in [-0.05, 0) is 30.0 Å². The number of carboxylic acids is 1. The van der Waals surface area contributed by atoms with Crippen molar-refractivity contribution in [3.05, 3.63) is 29.8 Å². The molecule has 4 heteroatoms. The molecule has 1 aromatic rings. The Morgan fingerprint density at radius 1 is 1.37 bits per heavy atom. The average Bonchev–Trinajstić information content (AvgIpc) is 2.72. The van der Waals surface area contributed by atoms with Gasteiger partial charge in [0, 0.05) is 18.7 Å². The van der Waals surface area contributed by atoms with Gasteiger partial charge in [-0.2, -0.15) is 0 Å². The molecular formula is C15H19NO3. The summed E-state index contributed by atoms with van der Waals surface area (Å²) in [5.41, 5.74) is 2.03. The lowest BCUT2D eigenvalue weighted by Gasteiger charge is -2.16. The fourth-order valence-corrected chi connectivity index (χ4v) is 2.41. The van der Waals surface area contributed by atoms with Crippen molar-refractivity contribution in [3.63, 3.8) is 0 Å². The molecule has 4 nitrogen and oxygen atoms in total. The molecule has 102 valence electrons.